The fraction of sp³-hybridized carbons (Fsp3) is 0.647. The Morgan fingerprint density at radius 1 is 1.31 bits per heavy atom. The zero-order chi connectivity index (χ0) is 18.6. The van der Waals surface area contributed by atoms with E-state index in [-0.39, 0.29) is 27.9 Å². The number of alkyl halides is 3. The predicted octanol–water partition coefficient (Wildman–Crippen LogP) is 3.78. The van der Waals surface area contributed by atoms with E-state index in [1.165, 1.54) is 18.3 Å². The second kappa shape index (κ2) is 8.39. The minimum Gasteiger partial charge on any atom is -0.350 e. The molecule has 0 spiro atoms. The van der Waals surface area contributed by atoms with Gasteiger partial charge in [-0.15, -0.1) is 0 Å². The molecule has 9 heteroatoms. The molecular formula is C17H22F3N3OS2. The Hall–Kier alpha value is -0.930. The van der Waals surface area contributed by atoms with E-state index in [1.54, 1.807) is 0 Å². The van der Waals surface area contributed by atoms with Crippen LogP contribution in [0.25, 0.3) is 0 Å². The molecule has 3 rings (SSSR count). The van der Waals surface area contributed by atoms with Gasteiger partial charge in [-0.3, -0.25) is 9.69 Å². The highest BCUT2D eigenvalue weighted by Gasteiger charge is 2.40. The van der Waals surface area contributed by atoms with Crippen molar-refractivity contribution in [3.8, 4) is 0 Å². The number of pyridine rings is 1. The van der Waals surface area contributed by atoms with Gasteiger partial charge >= 0.3 is 5.51 Å². The van der Waals surface area contributed by atoms with E-state index in [4.69, 9.17) is 0 Å². The summed E-state index contributed by atoms with van der Waals surface area (Å²) in [5.74, 6) is 1.69. The molecule has 0 bridgehead atoms. The lowest BCUT2D eigenvalue weighted by Crippen LogP contribution is -2.56. The van der Waals surface area contributed by atoms with Crippen molar-refractivity contribution in [3.63, 3.8) is 0 Å². The molecule has 1 amide bonds. The van der Waals surface area contributed by atoms with Crippen LogP contribution in [0.4, 0.5) is 13.2 Å². The molecule has 1 aromatic heterocycles. The second-order valence-electron chi connectivity index (χ2n) is 6.62. The van der Waals surface area contributed by atoms with Gasteiger partial charge in [-0.05, 0) is 25.0 Å². The Morgan fingerprint density at radius 3 is 2.65 bits per heavy atom. The third kappa shape index (κ3) is 4.86. The molecule has 4 nitrogen and oxygen atoms in total. The van der Waals surface area contributed by atoms with Crippen molar-refractivity contribution in [1.82, 2.24) is 15.2 Å². The molecule has 26 heavy (non-hydrogen) atoms. The van der Waals surface area contributed by atoms with Crippen molar-refractivity contribution in [1.29, 1.82) is 0 Å². The lowest BCUT2D eigenvalue weighted by Gasteiger charge is -2.43. The molecule has 1 saturated carbocycles. The summed E-state index contributed by atoms with van der Waals surface area (Å²) in [5.41, 5.74) is -4.55. The maximum Gasteiger partial charge on any atom is 0.447 e. The van der Waals surface area contributed by atoms with Gasteiger partial charge in [-0.2, -0.15) is 24.9 Å². The summed E-state index contributed by atoms with van der Waals surface area (Å²) < 4.78 is 38.1. The number of halogens is 3. The van der Waals surface area contributed by atoms with Crippen LogP contribution in [0.2, 0.25) is 0 Å². The summed E-state index contributed by atoms with van der Waals surface area (Å²) in [4.78, 5) is 18.8. The highest BCUT2D eigenvalue weighted by atomic mass is 32.2. The number of nitrogens with zero attached hydrogens (tertiary/aromatic N) is 2. The van der Waals surface area contributed by atoms with E-state index in [0.29, 0.717) is 6.54 Å². The average molecular weight is 406 g/mol. The maximum absolute atomic E-state index is 12.7. The molecule has 1 saturated heterocycles. The van der Waals surface area contributed by atoms with E-state index in [2.05, 4.69) is 15.2 Å². The predicted molar refractivity (Wildman–Crippen MR) is 98.6 cm³/mol. The van der Waals surface area contributed by atoms with Gasteiger partial charge in [0.05, 0.1) is 5.56 Å². The molecule has 1 aromatic rings. The van der Waals surface area contributed by atoms with E-state index in [9.17, 15) is 18.0 Å². The molecule has 144 valence electrons. The van der Waals surface area contributed by atoms with Crippen LogP contribution in [0.15, 0.2) is 23.4 Å². The number of thioether (sulfide) groups is 2. The number of carbonyl (C=O) groups is 1. The van der Waals surface area contributed by atoms with Crippen LogP contribution in [-0.4, -0.2) is 58.0 Å². The van der Waals surface area contributed by atoms with Gasteiger partial charge in [0, 0.05) is 54.6 Å². The second-order valence-corrected chi connectivity index (χ2v) is 8.90. The molecule has 2 heterocycles. The van der Waals surface area contributed by atoms with E-state index in [0.717, 1.165) is 50.3 Å². The first-order valence-electron chi connectivity index (χ1n) is 8.71. The minimum atomic E-state index is -4.47. The molecular weight excluding hydrogens is 383 g/mol. The third-order valence-electron chi connectivity index (χ3n) is 5.02. The smallest absolute Gasteiger partial charge is 0.350 e. The summed E-state index contributed by atoms with van der Waals surface area (Å²) in [6, 6.07) is 2.89. The quantitative estimate of drug-likeness (QED) is 0.756. The van der Waals surface area contributed by atoms with Crippen LogP contribution in [0, 0.1) is 0 Å². The Morgan fingerprint density at radius 2 is 2.00 bits per heavy atom. The number of carbonyl (C=O) groups excluding carboxylic acids is 1. The van der Waals surface area contributed by atoms with Gasteiger partial charge in [0.25, 0.3) is 5.91 Å². The highest BCUT2D eigenvalue weighted by molar-refractivity contribution is 8.00. The number of rotatable bonds is 5. The lowest BCUT2D eigenvalue weighted by molar-refractivity contribution is -0.0329. The van der Waals surface area contributed by atoms with Crippen LogP contribution in [0.3, 0.4) is 0 Å². The van der Waals surface area contributed by atoms with Crippen molar-refractivity contribution in [2.24, 2.45) is 0 Å². The minimum absolute atomic E-state index is 0.0165. The largest absolute Gasteiger partial charge is 0.447 e. The van der Waals surface area contributed by atoms with Gasteiger partial charge in [-0.25, -0.2) is 4.98 Å². The monoisotopic (exact) mass is 405 g/mol. The van der Waals surface area contributed by atoms with Crippen molar-refractivity contribution < 1.29 is 18.0 Å². The zero-order valence-electron chi connectivity index (χ0n) is 14.3. The van der Waals surface area contributed by atoms with Gasteiger partial charge < -0.3 is 5.32 Å². The molecule has 2 aliphatic rings. The first-order valence-corrected chi connectivity index (χ1v) is 10.7. The van der Waals surface area contributed by atoms with E-state index in [1.807, 2.05) is 11.8 Å². The number of hydrogen-bond acceptors (Lipinski definition) is 5. The summed E-state index contributed by atoms with van der Waals surface area (Å²) in [6.07, 6.45) is 5.57. The normalized spacial score (nSPS) is 20.9. The molecule has 0 radical (unpaired) electrons. The van der Waals surface area contributed by atoms with Gasteiger partial charge in [0.1, 0.15) is 5.03 Å². The van der Waals surface area contributed by atoms with Gasteiger partial charge in [0.2, 0.25) is 0 Å². The molecule has 0 aromatic carbocycles. The Kier molecular flexibility index (Phi) is 6.40. The van der Waals surface area contributed by atoms with Crippen LogP contribution < -0.4 is 5.32 Å². The molecule has 1 aliphatic heterocycles. The summed E-state index contributed by atoms with van der Waals surface area (Å²) in [6.45, 7) is 2.48. The lowest BCUT2D eigenvalue weighted by atomic mass is 9.94. The highest BCUT2D eigenvalue weighted by Crippen LogP contribution is 2.38. The Bertz CT molecular complexity index is 630. The van der Waals surface area contributed by atoms with Gasteiger partial charge in [-0.1, -0.05) is 12.8 Å². The summed E-state index contributed by atoms with van der Waals surface area (Å²) in [5, 5.41) is 2.60. The number of aromatic nitrogens is 1. The maximum atomic E-state index is 12.7. The van der Waals surface area contributed by atoms with Crippen molar-refractivity contribution in [2.45, 2.75) is 41.8 Å². The average Bonchev–Trinajstić information content (AvgIpc) is 3.10. The van der Waals surface area contributed by atoms with Crippen LogP contribution in [0.5, 0.6) is 0 Å². The number of nitrogens with one attached hydrogen (secondary N) is 1. The Labute approximate surface area is 159 Å². The van der Waals surface area contributed by atoms with Crippen molar-refractivity contribution >= 4 is 29.4 Å². The fourth-order valence-corrected chi connectivity index (χ4v) is 5.28. The number of amides is 1. The van der Waals surface area contributed by atoms with Gasteiger partial charge in [0.15, 0.2) is 0 Å². The molecule has 1 N–H and O–H groups in total. The van der Waals surface area contributed by atoms with Crippen molar-refractivity contribution in [2.75, 3.05) is 31.1 Å². The molecule has 1 aliphatic carbocycles. The van der Waals surface area contributed by atoms with Crippen LogP contribution >= 0.6 is 23.5 Å². The standard InChI is InChI=1S/C17H22F3N3OS2/c18-17(19,20)26-15-13(4-3-7-21-15)14(24)22-12-16(5-1-2-6-16)23-8-10-25-11-9-23/h3-4,7H,1-2,5-6,8-12H2,(H,22,24). The van der Waals surface area contributed by atoms with Crippen LogP contribution in [0.1, 0.15) is 36.0 Å². The van der Waals surface area contributed by atoms with E-state index >= 15 is 0 Å². The Balaban J connectivity index is 1.69. The third-order valence-corrected chi connectivity index (χ3v) is 6.71. The SMILES string of the molecule is O=C(NCC1(N2CCSCC2)CCCC1)c1cccnc1SC(F)(F)F. The van der Waals surface area contributed by atoms with Crippen molar-refractivity contribution in [3.05, 3.63) is 23.9 Å². The molecule has 2 fully saturated rings. The zero-order valence-corrected chi connectivity index (χ0v) is 16.0. The van der Waals surface area contributed by atoms with E-state index < -0.39 is 11.4 Å². The number of hydrogen-bond donors (Lipinski definition) is 1. The van der Waals surface area contributed by atoms with Crippen LogP contribution in [-0.2, 0) is 0 Å². The first kappa shape index (κ1) is 19.8. The summed E-state index contributed by atoms with van der Waals surface area (Å²) >= 11 is 1.59. The molecule has 0 unspecified atom stereocenters. The fourth-order valence-electron chi connectivity index (χ4n) is 3.77. The summed E-state index contributed by atoms with van der Waals surface area (Å²) in [7, 11) is 0. The molecule has 0 atom stereocenters. The first-order chi connectivity index (χ1) is 12.4. The topological polar surface area (TPSA) is 45.2 Å².